The molecule has 1 aromatic heterocycles. The number of rotatable bonds is 4. The third-order valence-electron chi connectivity index (χ3n) is 3.33. The van der Waals surface area contributed by atoms with Gasteiger partial charge in [0.2, 0.25) is 0 Å². The van der Waals surface area contributed by atoms with E-state index in [2.05, 4.69) is 5.32 Å². The van der Waals surface area contributed by atoms with Gasteiger partial charge < -0.3 is 14.5 Å². The maximum atomic E-state index is 12.3. The zero-order valence-corrected chi connectivity index (χ0v) is 13.6. The number of carbonyl (C=O) groups is 2. The van der Waals surface area contributed by atoms with Gasteiger partial charge in [0, 0.05) is 16.1 Å². The monoisotopic (exact) mass is 343 g/mol. The van der Waals surface area contributed by atoms with Gasteiger partial charge in [-0.25, -0.2) is 4.79 Å². The minimum absolute atomic E-state index is 0.161. The molecule has 0 spiro atoms. The number of fused-ring (bicyclic) bond motifs is 1. The van der Waals surface area contributed by atoms with Crippen LogP contribution in [-0.2, 0) is 4.74 Å². The van der Waals surface area contributed by atoms with E-state index in [0.29, 0.717) is 21.9 Å². The van der Waals surface area contributed by atoms with Gasteiger partial charge in [-0.05, 0) is 49.4 Å². The van der Waals surface area contributed by atoms with Crippen LogP contribution in [0.5, 0.6) is 0 Å². The molecule has 3 rings (SSSR count). The summed E-state index contributed by atoms with van der Waals surface area (Å²) in [7, 11) is 0. The highest BCUT2D eigenvalue weighted by Gasteiger charge is 2.14. The summed E-state index contributed by atoms with van der Waals surface area (Å²) in [4.78, 5) is 24.1. The van der Waals surface area contributed by atoms with Gasteiger partial charge >= 0.3 is 5.97 Å². The molecule has 1 N–H and O–H groups in total. The smallest absolute Gasteiger partial charge is 0.338 e. The molecule has 0 aliphatic carbocycles. The molecule has 0 fully saturated rings. The first kappa shape index (κ1) is 16.1. The van der Waals surface area contributed by atoms with E-state index >= 15 is 0 Å². The third kappa shape index (κ3) is 3.41. The Morgan fingerprint density at radius 1 is 1.17 bits per heavy atom. The van der Waals surface area contributed by atoms with Gasteiger partial charge in [0.25, 0.3) is 5.91 Å². The van der Waals surface area contributed by atoms with E-state index in [1.165, 1.54) is 0 Å². The maximum Gasteiger partial charge on any atom is 0.338 e. The Bertz CT molecular complexity index is 916. The van der Waals surface area contributed by atoms with Crippen LogP contribution in [0, 0.1) is 0 Å². The average Bonchev–Trinajstić information content (AvgIpc) is 2.98. The molecule has 0 radical (unpaired) electrons. The number of benzene rings is 2. The molecule has 0 saturated carbocycles. The molecule has 0 atom stereocenters. The van der Waals surface area contributed by atoms with Crippen molar-refractivity contribution in [2.24, 2.45) is 0 Å². The molecule has 0 bridgehead atoms. The Labute approximate surface area is 143 Å². The van der Waals surface area contributed by atoms with Crippen LogP contribution in [0.15, 0.2) is 52.9 Å². The molecule has 0 aliphatic heterocycles. The molecule has 5 nitrogen and oxygen atoms in total. The number of carbonyl (C=O) groups excluding carboxylic acids is 2. The van der Waals surface area contributed by atoms with Crippen molar-refractivity contribution in [1.29, 1.82) is 0 Å². The summed E-state index contributed by atoms with van der Waals surface area (Å²) in [5.41, 5.74) is 1.42. The molecular weight excluding hydrogens is 330 g/mol. The van der Waals surface area contributed by atoms with Crippen molar-refractivity contribution in [3.05, 3.63) is 64.9 Å². The van der Waals surface area contributed by atoms with E-state index in [-0.39, 0.29) is 12.4 Å². The number of halogens is 1. The second-order valence-corrected chi connectivity index (χ2v) is 5.48. The van der Waals surface area contributed by atoms with Crippen molar-refractivity contribution in [1.82, 2.24) is 0 Å². The molecule has 122 valence electrons. The fourth-order valence-corrected chi connectivity index (χ4v) is 2.44. The predicted molar refractivity (Wildman–Crippen MR) is 91.6 cm³/mol. The largest absolute Gasteiger partial charge is 0.462 e. The van der Waals surface area contributed by atoms with Crippen molar-refractivity contribution in [2.45, 2.75) is 6.92 Å². The minimum atomic E-state index is -0.438. The lowest BCUT2D eigenvalue weighted by Gasteiger charge is -2.06. The van der Waals surface area contributed by atoms with Crippen LogP contribution in [0.1, 0.15) is 27.8 Å². The fourth-order valence-electron chi connectivity index (χ4n) is 2.26. The van der Waals surface area contributed by atoms with Crippen molar-refractivity contribution in [2.75, 3.05) is 11.9 Å². The predicted octanol–water partition coefficient (Wildman–Crippen LogP) is 4.52. The summed E-state index contributed by atoms with van der Waals surface area (Å²) in [5, 5.41) is 4.01. The Morgan fingerprint density at radius 3 is 2.79 bits per heavy atom. The molecule has 3 aromatic rings. The van der Waals surface area contributed by atoms with Crippen molar-refractivity contribution >= 4 is 40.1 Å². The number of anilines is 1. The number of furan rings is 1. The topological polar surface area (TPSA) is 68.5 Å². The van der Waals surface area contributed by atoms with Crippen molar-refractivity contribution in [3.8, 4) is 0 Å². The van der Waals surface area contributed by atoms with Crippen LogP contribution in [0.2, 0.25) is 5.02 Å². The molecule has 0 unspecified atom stereocenters. The first-order chi connectivity index (χ1) is 11.6. The van der Waals surface area contributed by atoms with Crippen LogP contribution >= 0.6 is 11.6 Å². The number of hydrogen-bond acceptors (Lipinski definition) is 4. The normalized spacial score (nSPS) is 10.6. The average molecular weight is 344 g/mol. The lowest BCUT2D eigenvalue weighted by molar-refractivity contribution is 0.0526. The van der Waals surface area contributed by atoms with Crippen LogP contribution in [0.4, 0.5) is 5.69 Å². The number of ether oxygens (including phenoxy) is 1. The van der Waals surface area contributed by atoms with Gasteiger partial charge in [0.1, 0.15) is 5.58 Å². The SMILES string of the molecule is CCOC(=O)c1cccc(NC(=O)c2cc3cc(Cl)ccc3o2)c1. The van der Waals surface area contributed by atoms with Gasteiger partial charge in [-0.1, -0.05) is 17.7 Å². The molecule has 1 amide bonds. The molecule has 24 heavy (non-hydrogen) atoms. The molecule has 0 saturated heterocycles. The molecule has 6 heteroatoms. The molecule has 0 aliphatic rings. The van der Waals surface area contributed by atoms with Gasteiger partial charge in [0.15, 0.2) is 5.76 Å². The van der Waals surface area contributed by atoms with E-state index in [0.717, 1.165) is 5.39 Å². The van der Waals surface area contributed by atoms with Crippen LogP contribution in [0.25, 0.3) is 11.0 Å². The van der Waals surface area contributed by atoms with E-state index in [1.807, 2.05) is 0 Å². The van der Waals surface area contributed by atoms with Gasteiger partial charge in [-0.15, -0.1) is 0 Å². The number of nitrogens with one attached hydrogen (secondary N) is 1. The van der Waals surface area contributed by atoms with Gasteiger partial charge in [-0.3, -0.25) is 4.79 Å². The van der Waals surface area contributed by atoms with Crippen molar-refractivity contribution in [3.63, 3.8) is 0 Å². The second kappa shape index (κ2) is 6.76. The summed E-state index contributed by atoms with van der Waals surface area (Å²) in [6, 6.07) is 13.3. The fraction of sp³-hybridized carbons (Fsp3) is 0.111. The summed E-state index contributed by atoms with van der Waals surface area (Å²) < 4.78 is 10.5. The first-order valence-electron chi connectivity index (χ1n) is 7.34. The Hall–Kier alpha value is -2.79. The van der Waals surface area contributed by atoms with E-state index in [4.69, 9.17) is 20.8 Å². The lowest BCUT2D eigenvalue weighted by Crippen LogP contribution is -2.12. The Kier molecular flexibility index (Phi) is 4.53. The van der Waals surface area contributed by atoms with E-state index in [1.54, 1.807) is 55.5 Å². The summed E-state index contributed by atoms with van der Waals surface area (Å²) in [6.07, 6.45) is 0. The van der Waals surface area contributed by atoms with E-state index in [9.17, 15) is 9.59 Å². The van der Waals surface area contributed by atoms with Crippen LogP contribution < -0.4 is 5.32 Å². The summed E-state index contributed by atoms with van der Waals surface area (Å²) in [6.45, 7) is 2.02. The zero-order valence-electron chi connectivity index (χ0n) is 12.8. The Balaban J connectivity index is 1.80. The number of esters is 1. The zero-order chi connectivity index (χ0) is 17.1. The van der Waals surface area contributed by atoms with Crippen molar-refractivity contribution < 1.29 is 18.7 Å². The molecule has 2 aromatic carbocycles. The van der Waals surface area contributed by atoms with Gasteiger partial charge in [-0.2, -0.15) is 0 Å². The van der Waals surface area contributed by atoms with Gasteiger partial charge in [0.05, 0.1) is 12.2 Å². The highest BCUT2D eigenvalue weighted by Crippen LogP contribution is 2.24. The quantitative estimate of drug-likeness (QED) is 0.707. The summed E-state index contributed by atoms with van der Waals surface area (Å²) >= 11 is 5.92. The summed E-state index contributed by atoms with van der Waals surface area (Å²) in [5.74, 6) is -0.691. The molecule has 1 heterocycles. The minimum Gasteiger partial charge on any atom is -0.462 e. The first-order valence-corrected chi connectivity index (χ1v) is 7.72. The highest BCUT2D eigenvalue weighted by molar-refractivity contribution is 6.31. The lowest BCUT2D eigenvalue weighted by atomic mass is 10.2. The van der Waals surface area contributed by atoms with Crippen LogP contribution in [-0.4, -0.2) is 18.5 Å². The number of hydrogen-bond donors (Lipinski definition) is 1. The maximum absolute atomic E-state index is 12.3. The number of amides is 1. The second-order valence-electron chi connectivity index (χ2n) is 5.05. The molecular formula is C18H14ClNO4. The Morgan fingerprint density at radius 2 is 2.00 bits per heavy atom. The third-order valence-corrected chi connectivity index (χ3v) is 3.57. The van der Waals surface area contributed by atoms with Crippen LogP contribution in [0.3, 0.4) is 0 Å². The highest BCUT2D eigenvalue weighted by atomic mass is 35.5. The van der Waals surface area contributed by atoms with E-state index < -0.39 is 11.9 Å². The standard InChI is InChI=1S/C18H14ClNO4/c1-2-23-18(22)11-4-3-5-14(9-11)20-17(21)16-10-12-8-13(19)6-7-15(12)24-16/h3-10H,2H2,1H3,(H,20,21).